The maximum Gasteiger partial charge on any atom is 0.341 e. The molecule has 1 fully saturated rings. The number of benzene rings is 1. The van der Waals surface area contributed by atoms with Crippen LogP contribution in [0.1, 0.15) is 12.5 Å². The van der Waals surface area contributed by atoms with Gasteiger partial charge in [0.1, 0.15) is 0 Å². The first-order valence-corrected chi connectivity index (χ1v) is 7.57. The summed E-state index contributed by atoms with van der Waals surface area (Å²) in [5.74, 6) is -0.773. The van der Waals surface area contributed by atoms with Crippen LogP contribution in [0.15, 0.2) is 23.1 Å². The Morgan fingerprint density at radius 3 is 2.61 bits per heavy atom. The summed E-state index contributed by atoms with van der Waals surface area (Å²) < 4.78 is 10.6. The molecule has 7 nitrogen and oxygen atoms in total. The zero-order valence-electron chi connectivity index (χ0n) is 12.6. The van der Waals surface area contributed by atoms with Gasteiger partial charge in [-0.3, -0.25) is 14.5 Å². The fourth-order valence-corrected chi connectivity index (χ4v) is 2.67. The monoisotopic (exact) mass is 337 g/mol. The molecule has 0 bridgehead atoms. The lowest BCUT2D eigenvalue weighted by molar-refractivity contribution is -0.139. The molecule has 1 saturated heterocycles. The number of nitrogens with zero attached hydrogens (tertiary/aromatic N) is 1. The largest absolute Gasteiger partial charge is 0.490 e. The van der Waals surface area contributed by atoms with E-state index >= 15 is 0 Å². The minimum absolute atomic E-state index is 0.301. The minimum Gasteiger partial charge on any atom is -0.490 e. The quantitative estimate of drug-likeness (QED) is 0.795. The van der Waals surface area contributed by atoms with E-state index < -0.39 is 12.6 Å². The van der Waals surface area contributed by atoms with Gasteiger partial charge in [0.05, 0.1) is 11.5 Å². The number of rotatable bonds is 6. The van der Waals surface area contributed by atoms with Crippen molar-refractivity contribution in [2.45, 2.75) is 6.92 Å². The third-order valence-electron chi connectivity index (χ3n) is 2.90. The number of imide groups is 1. The lowest BCUT2D eigenvalue weighted by atomic mass is 10.2. The number of likely N-dealkylation sites (N-methyl/N-ethyl adjacent to an activating group) is 1. The van der Waals surface area contributed by atoms with E-state index in [1.807, 2.05) is 0 Å². The Balaban J connectivity index is 2.27. The van der Waals surface area contributed by atoms with E-state index in [1.54, 1.807) is 31.2 Å². The van der Waals surface area contributed by atoms with Crippen molar-refractivity contribution >= 4 is 35.0 Å². The molecule has 0 spiro atoms. The van der Waals surface area contributed by atoms with Crippen molar-refractivity contribution in [1.82, 2.24) is 4.90 Å². The van der Waals surface area contributed by atoms with Crippen LogP contribution in [0.3, 0.4) is 0 Å². The average molecular weight is 337 g/mol. The van der Waals surface area contributed by atoms with E-state index in [0.717, 1.165) is 16.7 Å². The normalized spacial score (nSPS) is 16.1. The number of hydrogen-bond donors (Lipinski definition) is 1. The van der Waals surface area contributed by atoms with Gasteiger partial charge in [-0.05, 0) is 42.5 Å². The molecule has 0 saturated carbocycles. The third-order valence-corrected chi connectivity index (χ3v) is 3.86. The lowest BCUT2D eigenvalue weighted by Gasteiger charge is -2.11. The standard InChI is InChI=1S/C15H15NO6S/c1-3-21-11-6-9(4-5-10(11)22-8-13(17)18)7-12-14(19)16(2)15(20)23-12/h4-7H,3,8H2,1-2H3,(H,17,18)/b12-7+. The summed E-state index contributed by atoms with van der Waals surface area (Å²) in [6.07, 6.45) is 1.58. The highest BCUT2D eigenvalue weighted by atomic mass is 32.2. The molecule has 1 heterocycles. The van der Waals surface area contributed by atoms with Gasteiger partial charge in [0.15, 0.2) is 18.1 Å². The van der Waals surface area contributed by atoms with Crippen LogP contribution in [0.4, 0.5) is 4.79 Å². The minimum atomic E-state index is -1.09. The number of carbonyl (C=O) groups excluding carboxylic acids is 2. The Hall–Kier alpha value is -2.48. The average Bonchev–Trinajstić information content (AvgIpc) is 2.74. The molecule has 1 N–H and O–H groups in total. The van der Waals surface area contributed by atoms with Crippen LogP contribution in [0.2, 0.25) is 0 Å². The number of aliphatic carboxylic acids is 1. The zero-order valence-corrected chi connectivity index (χ0v) is 13.4. The second kappa shape index (κ2) is 7.19. The number of carbonyl (C=O) groups is 3. The fourth-order valence-electron chi connectivity index (χ4n) is 1.84. The Morgan fingerprint density at radius 1 is 1.30 bits per heavy atom. The topological polar surface area (TPSA) is 93.1 Å². The Bertz CT molecular complexity index is 685. The zero-order chi connectivity index (χ0) is 17.0. The molecule has 0 radical (unpaired) electrons. The van der Waals surface area contributed by atoms with Crippen molar-refractivity contribution < 1.29 is 29.0 Å². The van der Waals surface area contributed by atoms with Gasteiger partial charge < -0.3 is 14.6 Å². The van der Waals surface area contributed by atoms with Crippen molar-refractivity contribution in [2.24, 2.45) is 0 Å². The van der Waals surface area contributed by atoms with Gasteiger partial charge in [0, 0.05) is 7.05 Å². The van der Waals surface area contributed by atoms with Crippen molar-refractivity contribution in [3.05, 3.63) is 28.7 Å². The molecule has 0 unspecified atom stereocenters. The molecule has 2 amide bonds. The molecule has 23 heavy (non-hydrogen) atoms. The maximum atomic E-state index is 11.9. The number of carboxylic acid groups (broad SMARTS) is 1. The van der Waals surface area contributed by atoms with Gasteiger partial charge in [0.2, 0.25) is 0 Å². The van der Waals surface area contributed by atoms with Crippen molar-refractivity contribution in [3.63, 3.8) is 0 Å². The molecule has 0 atom stereocenters. The van der Waals surface area contributed by atoms with Crippen LogP contribution < -0.4 is 9.47 Å². The predicted octanol–water partition coefficient (Wildman–Crippen LogP) is 2.21. The summed E-state index contributed by atoms with van der Waals surface area (Å²) in [7, 11) is 1.42. The molecule has 1 aromatic rings. The first-order chi connectivity index (χ1) is 10.9. The molecule has 1 aromatic carbocycles. The van der Waals surface area contributed by atoms with Crippen LogP contribution in [0, 0.1) is 0 Å². The molecule has 1 aliphatic rings. The number of carboxylic acids is 1. The highest BCUT2D eigenvalue weighted by molar-refractivity contribution is 8.18. The van der Waals surface area contributed by atoms with Crippen molar-refractivity contribution in [1.29, 1.82) is 0 Å². The molecule has 122 valence electrons. The summed E-state index contributed by atoms with van der Waals surface area (Å²) in [6.45, 7) is 1.68. The highest BCUT2D eigenvalue weighted by Gasteiger charge is 2.31. The smallest absolute Gasteiger partial charge is 0.341 e. The van der Waals surface area contributed by atoms with Gasteiger partial charge in [0.25, 0.3) is 11.1 Å². The number of amides is 2. The lowest BCUT2D eigenvalue weighted by Crippen LogP contribution is -2.22. The van der Waals surface area contributed by atoms with Crippen LogP contribution in [0.5, 0.6) is 11.5 Å². The van der Waals surface area contributed by atoms with E-state index in [1.165, 1.54) is 7.05 Å². The van der Waals surface area contributed by atoms with Gasteiger partial charge in [-0.25, -0.2) is 4.79 Å². The molecule has 2 rings (SSSR count). The molecule has 1 aliphatic heterocycles. The van der Waals surface area contributed by atoms with Crippen LogP contribution in [-0.2, 0) is 9.59 Å². The first-order valence-electron chi connectivity index (χ1n) is 6.75. The second-order valence-electron chi connectivity index (χ2n) is 4.56. The molecule has 0 aromatic heterocycles. The van der Waals surface area contributed by atoms with Gasteiger partial charge in [-0.1, -0.05) is 6.07 Å². The SMILES string of the molecule is CCOc1cc(/C=C2/SC(=O)N(C)C2=O)ccc1OCC(=O)O. The van der Waals surface area contributed by atoms with Crippen molar-refractivity contribution in [3.8, 4) is 11.5 Å². The molecule has 8 heteroatoms. The number of hydrogen-bond acceptors (Lipinski definition) is 6. The van der Waals surface area contributed by atoms with E-state index in [0.29, 0.717) is 28.6 Å². The van der Waals surface area contributed by atoms with E-state index in [4.69, 9.17) is 14.6 Å². The summed E-state index contributed by atoms with van der Waals surface area (Å²) >= 11 is 0.863. The summed E-state index contributed by atoms with van der Waals surface area (Å²) in [5, 5.41) is 8.34. The summed E-state index contributed by atoms with van der Waals surface area (Å²) in [6, 6.07) is 4.85. The Labute approximate surface area is 136 Å². The first kappa shape index (κ1) is 16.9. The van der Waals surface area contributed by atoms with E-state index in [-0.39, 0.29) is 11.1 Å². The van der Waals surface area contributed by atoms with Gasteiger partial charge in [-0.2, -0.15) is 0 Å². The highest BCUT2D eigenvalue weighted by Crippen LogP contribution is 2.33. The van der Waals surface area contributed by atoms with E-state index in [2.05, 4.69) is 0 Å². The Kier molecular flexibility index (Phi) is 5.28. The number of thioether (sulfide) groups is 1. The number of ether oxygens (including phenoxy) is 2. The van der Waals surface area contributed by atoms with Gasteiger partial charge in [-0.15, -0.1) is 0 Å². The van der Waals surface area contributed by atoms with Gasteiger partial charge >= 0.3 is 5.97 Å². The predicted molar refractivity (Wildman–Crippen MR) is 84.5 cm³/mol. The third kappa shape index (κ3) is 4.04. The van der Waals surface area contributed by atoms with Crippen molar-refractivity contribution in [2.75, 3.05) is 20.3 Å². The molecular weight excluding hydrogens is 322 g/mol. The Morgan fingerprint density at radius 2 is 2.04 bits per heavy atom. The maximum absolute atomic E-state index is 11.9. The molecular formula is C15H15NO6S. The second-order valence-corrected chi connectivity index (χ2v) is 5.56. The van der Waals surface area contributed by atoms with Crippen LogP contribution >= 0.6 is 11.8 Å². The summed E-state index contributed by atoms with van der Waals surface area (Å²) in [5.41, 5.74) is 0.648. The van der Waals surface area contributed by atoms with E-state index in [9.17, 15) is 14.4 Å². The van der Waals surface area contributed by atoms with Crippen LogP contribution in [-0.4, -0.2) is 47.4 Å². The molecule has 0 aliphatic carbocycles. The fraction of sp³-hybridized carbons (Fsp3) is 0.267. The summed E-state index contributed by atoms with van der Waals surface area (Å²) in [4.78, 5) is 35.3. The van der Waals surface area contributed by atoms with Crippen LogP contribution in [0.25, 0.3) is 6.08 Å².